The standard InChI is InChI=1S/C29H33N3O3/c33-16-15-30-21-31(26(28-13-7-17-34-28)19-24-9-3-1-4-10-24)23-32(22-30)27(29-14-8-18-35-29)20-25-11-5-2-6-12-25/h1-14,17-18,26-27,33H,15-16,19-23H2. The second-order valence-corrected chi connectivity index (χ2v) is 9.16. The summed E-state index contributed by atoms with van der Waals surface area (Å²) in [6.45, 7) is 3.00. The molecule has 4 aromatic rings. The molecule has 0 radical (unpaired) electrons. The van der Waals surface area contributed by atoms with Crippen LogP contribution in [0.5, 0.6) is 0 Å². The summed E-state index contributed by atoms with van der Waals surface area (Å²) in [5, 5.41) is 9.79. The van der Waals surface area contributed by atoms with Gasteiger partial charge >= 0.3 is 0 Å². The van der Waals surface area contributed by atoms with Crippen molar-refractivity contribution in [2.75, 3.05) is 33.2 Å². The number of rotatable bonds is 10. The second kappa shape index (κ2) is 11.5. The minimum atomic E-state index is 0.0744. The molecule has 5 rings (SSSR count). The average Bonchev–Trinajstić information content (AvgIpc) is 3.62. The largest absolute Gasteiger partial charge is 0.468 e. The Labute approximate surface area is 207 Å². The van der Waals surface area contributed by atoms with Crippen molar-refractivity contribution in [2.24, 2.45) is 0 Å². The zero-order valence-corrected chi connectivity index (χ0v) is 19.9. The Kier molecular flexibility index (Phi) is 7.75. The number of nitrogens with zero attached hydrogens (tertiary/aromatic N) is 3. The van der Waals surface area contributed by atoms with Crippen molar-refractivity contribution < 1.29 is 13.9 Å². The predicted octanol–water partition coefficient (Wildman–Crippen LogP) is 4.92. The van der Waals surface area contributed by atoms with Gasteiger partial charge in [0.2, 0.25) is 0 Å². The predicted molar refractivity (Wildman–Crippen MR) is 135 cm³/mol. The molecule has 1 saturated heterocycles. The van der Waals surface area contributed by atoms with E-state index in [1.165, 1.54) is 11.1 Å². The number of hydrogen-bond acceptors (Lipinski definition) is 6. The van der Waals surface area contributed by atoms with E-state index in [4.69, 9.17) is 8.83 Å². The quantitative estimate of drug-likeness (QED) is 0.354. The first-order chi connectivity index (χ1) is 17.3. The summed E-state index contributed by atoms with van der Waals surface area (Å²) in [4.78, 5) is 7.20. The molecule has 0 spiro atoms. The molecule has 1 aliphatic rings. The van der Waals surface area contributed by atoms with Crippen LogP contribution in [0, 0.1) is 0 Å². The Balaban J connectivity index is 1.45. The maximum atomic E-state index is 9.79. The Hall–Kier alpha value is -3.16. The fraction of sp³-hybridized carbons (Fsp3) is 0.310. The topological polar surface area (TPSA) is 56.2 Å². The molecule has 1 aliphatic heterocycles. The fourth-order valence-electron chi connectivity index (χ4n) is 5.01. The summed E-state index contributed by atoms with van der Waals surface area (Å²) in [5.74, 6) is 1.91. The number of furan rings is 2. The van der Waals surface area contributed by atoms with E-state index in [1.807, 2.05) is 12.1 Å². The van der Waals surface area contributed by atoms with Crippen LogP contribution in [0.1, 0.15) is 34.7 Å². The molecule has 0 amide bonds. The van der Waals surface area contributed by atoms with Gasteiger partial charge in [-0.3, -0.25) is 14.7 Å². The molecule has 0 bridgehead atoms. The van der Waals surface area contributed by atoms with Crippen LogP contribution in [0.25, 0.3) is 0 Å². The van der Waals surface area contributed by atoms with Crippen LogP contribution in [-0.4, -0.2) is 53.0 Å². The van der Waals surface area contributed by atoms with Crippen molar-refractivity contribution in [2.45, 2.75) is 24.9 Å². The molecule has 0 saturated carbocycles. The van der Waals surface area contributed by atoms with Gasteiger partial charge in [-0.25, -0.2) is 0 Å². The van der Waals surface area contributed by atoms with Crippen LogP contribution in [0.4, 0.5) is 0 Å². The highest BCUT2D eigenvalue weighted by atomic mass is 16.3. The lowest BCUT2D eigenvalue weighted by molar-refractivity contribution is -0.0805. The van der Waals surface area contributed by atoms with E-state index in [2.05, 4.69) is 87.5 Å². The van der Waals surface area contributed by atoms with Crippen LogP contribution >= 0.6 is 0 Å². The van der Waals surface area contributed by atoms with Crippen molar-refractivity contribution in [3.05, 3.63) is 120 Å². The zero-order valence-electron chi connectivity index (χ0n) is 19.9. The summed E-state index contributed by atoms with van der Waals surface area (Å²) in [5.41, 5.74) is 2.54. The number of benzene rings is 2. The van der Waals surface area contributed by atoms with E-state index >= 15 is 0 Å². The molecule has 2 atom stereocenters. The summed E-state index contributed by atoms with van der Waals surface area (Å²) < 4.78 is 11.9. The number of aliphatic hydroxyl groups is 1. The number of β-amino-alcohol motifs (C(OH)–C–C–N with tert-alkyl or cyclic N) is 1. The Morgan fingerprint density at radius 3 is 1.51 bits per heavy atom. The molecule has 2 aromatic carbocycles. The normalized spacial score (nSPS) is 17.4. The van der Waals surface area contributed by atoms with Gasteiger partial charge in [-0.15, -0.1) is 0 Å². The highest BCUT2D eigenvalue weighted by molar-refractivity contribution is 5.20. The summed E-state index contributed by atoms with van der Waals surface area (Å²) in [6.07, 6.45) is 5.20. The molecular formula is C29H33N3O3. The minimum absolute atomic E-state index is 0.0744. The van der Waals surface area contributed by atoms with E-state index in [-0.39, 0.29) is 18.7 Å². The Bertz CT molecular complexity index is 1030. The van der Waals surface area contributed by atoms with E-state index < -0.39 is 0 Å². The number of aliphatic hydroxyl groups excluding tert-OH is 1. The monoisotopic (exact) mass is 471 g/mol. The van der Waals surface area contributed by atoms with Gasteiger partial charge in [0, 0.05) is 6.54 Å². The Morgan fingerprint density at radius 2 is 1.11 bits per heavy atom. The van der Waals surface area contributed by atoms with E-state index in [0.29, 0.717) is 6.54 Å². The molecule has 2 aromatic heterocycles. The van der Waals surface area contributed by atoms with Gasteiger partial charge in [0.1, 0.15) is 11.5 Å². The first-order valence-corrected chi connectivity index (χ1v) is 12.3. The first kappa shape index (κ1) is 23.6. The lowest BCUT2D eigenvalue weighted by Gasteiger charge is -2.47. The van der Waals surface area contributed by atoms with Crippen molar-refractivity contribution in [3.63, 3.8) is 0 Å². The van der Waals surface area contributed by atoms with Gasteiger partial charge in [0.05, 0.1) is 51.2 Å². The highest BCUT2D eigenvalue weighted by Crippen LogP contribution is 2.33. The van der Waals surface area contributed by atoms with Crippen LogP contribution in [0.3, 0.4) is 0 Å². The summed E-state index contributed by atoms with van der Waals surface area (Å²) in [7, 11) is 0. The Morgan fingerprint density at radius 1 is 0.629 bits per heavy atom. The third kappa shape index (κ3) is 5.92. The third-order valence-electron chi connectivity index (χ3n) is 6.71. The van der Waals surface area contributed by atoms with Crippen molar-refractivity contribution >= 4 is 0 Å². The van der Waals surface area contributed by atoms with Crippen molar-refractivity contribution in [1.82, 2.24) is 14.7 Å². The van der Waals surface area contributed by atoms with Gasteiger partial charge < -0.3 is 13.9 Å². The van der Waals surface area contributed by atoms with Gasteiger partial charge in [0.15, 0.2) is 0 Å². The maximum absolute atomic E-state index is 9.79. The average molecular weight is 472 g/mol. The summed E-state index contributed by atoms with van der Waals surface area (Å²) >= 11 is 0. The number of hydrogen-bond donors (Lipinski definition) is 1. The molecule has 35 heavy (non-hydrogen) atoms. The lowest BCUT2D eigenvalue weighted by Crippen LogP contribution is -2.57. The molecule has 2 unspecified atom stereocenters. The van der Waals surface area contributed by atoms with Gasteiger partial charge in [-0.05, 0) is 48.2 Å². The molecule has 3 heterocycles. The summed E-state index contributed by atoms with van der Waals surface area (Å²) in [6, 6.07) is 29.3. The van der Waals surface area contributed by atoms with E-state index in [0.717, 1.165) is 44.4 Å². The van der Waals surface area contributed by atoms with Crippen LogP contribution in [-0.2, 0) is 12.8 Å². The van der Waals surface area contributed by atoms with Crippen LogP contribution < -0.4 is 0 Å². The zero-order chi connectivity index (χ0) is 23.9. The smallest absolute Gasteiger partial charge is 0.121 e. The molecule has 182 valence electrons. The van der Waals surface area contributed by atoms with E-state index in [1.54, 1.807) is 12.5 Å². The SMILES string of the molecule is OCCN1CN(C(Cc2ccccc2)c2ccco2)CN(C(Cc2ccccc2)c2ccco2)C1. The molecule has 6 heteroatoms. The van der Waals surface area contributed by atoms with E-state index in [9.17, 15) is 5.11 Å². The molecular weight excluding hydrogens is 438 g/mol. The van der Waals surface area contributed by atoms with Gasteiger partial charge in [-0.1, -0.05) is 60.7 Å². The van der Waals surface area contributed by atoms with Crippen molar-refractivity contribution in [3.8, 4) is 0 Å². The highest BCUT2D eigenvalue weighted by Gasteiger charge is 2.35. The molecule has 1 fully saturated rings. The molecule has 0 aliphatic carbocycles. The van der Waals surface area contributed by atoms with Gasteiger partial charge in [-0.2, -0.15) is 0 Å². The van der Waals surface area contributed by atoms with Crippen LogP contribution in [0.15, 0.2) is 106 Å². The maximum Gasteiger partial charge on any atom is 0.121 e. The van der Waals surface area contributed by atoms with Gasteiger partial charge in [0.25, 0.3) is 0 Å². The first-order valence-electron chi connectivity index (χ1n) is 12.3. The molecule has 1 N–H and O–H groups in total. The second-order valence-electron chi connectivity index (χ2n) is 9.16. The van der Waals surface area contributed by atoms with Crippen LogP contribution in [0.2, 0.25) is 0 Å². The van der Waals surface area contributed by atoms with Crippen molar-refractivity contribution in [1.29, 1.82) is 0 Å². The minimum Gasteiger partial charge on any atom is -0.468 e. The third-order valence-corrected chi connectivity index (χ3v) is 6.71. The molecule has 6 nitrogen and oxygen atoms in total. The lowest BCUT2D eigenvalue weighted by atomic mass is 10.0. The fourth-order valence-corrected chi connectivity index (χ4v) is 5.01.